The predicted octanol–water partition coefficient (Wildman–Crippen LogP) is 0.790. The highest BCUT2D eigenvalue weighted by atomic mass is 16.5. The van der Waals surface area contributed by atoms with Gasteiger partial charge in [-0.05, 0) is 33.4 Å². The van der Waals surface area contributed by atoms with Gasteiger partial charge in [0, 0.05) is 25.2 Å². The van der Waals surface area contributed by atoms with Crippen LogP contribution in [0.5, 0.6) is 0 Å². The van der Waals surface area contributed by atoms with Gasteiger partial charge in [0.1, 0.15) is 0 Å². The van der Waals surface area contributed by atoms with Crippen LogP contribution >= 0.6 is 0 Å². The topological polar surface area (TPSA) is 41.6 Å². The maximum atomic E-state index is 11.1. The Morgan fingerprint density at radius 2 is 2.44 bits per heavy atom. The lowest BCUT2D eigenvalue weighted by Crippen LogP contribution is -2.44. The summed E-state index contributed by atoms with van der Waals surface area (Å²) in [5.74, 6) is -0.252. The number of esters is 1. The minimum absolute atomic E-state index is 0.252. The van der Waals surface area contributed by atoms with Crippen LogP contribution in [0.2, 0.25) is 0 Å². The molecular weight excluding hydrogens is 204 g/mol. The van der Waals surface area contributed by atoms with Crippen molar-refractivity contribution in [1.82, 2.24) is 10.2 Å². The summed E-state index contributed by atoms with van der Waals surface area (Å²) >= 11 is 0. The molecule has 1 unspecified atom stereocenters. The Morgan fingerprint density at radius 1 is 1.62 bits per heavy atom. The van der Waals surface area contributed by atoms with E-state index < -0.39 is 0 Å². The standard InChI is InChI=1S/C12H22N2O2/c1-3-16-12(15)7-5-9-14(2)11-6-4-8-13-10-11/h5,7,11,13H,3-4,6,8-10H2,1-2H3/b7-5+. The molecule has 92 valence electrons. The molecular formula is C12H22N2O2. The maximum Gasteiger partial charge on any atom is 0.330 e. The Bertz CT molecular complexity index is 235. The van der Waals surface area contributed by atoms with E-state index in [-0.39, 0.29) is 5.97 Å². The molecule has 0 radical (unpaired) electrons. The number of piperidine rings is 1. The normalized spacial score (nSPS) is 21.6. The minimum atomic E-state index is -0.252. The summed E-state index contributed by atoms with van der Waals surface area (Å²) in [6.45, 7) is 5.22. The van der Waals surface area contributed by atoms with Crippen LogP contribution in [-0.2, 0) is 9.53 Å². The molecule has 1 rings (SSSR count). The van der Waals surface area contributed by atoms with Gasteiger partial charge in [0.15, 0.2) is 0 Å². The lowest BCUT2D eigenvalue weighted by atomic mass is 10.1. The molecule has 4 nitrogen and oxygen atoms in total. The average molecular weight is 226 g/mol. The highest BCUT2D eigenvalue weighted by Gasteiger charge is 2.16. The maximum absolute atomic E-state index is 11.1. The van der Waals surface area contributed by atoms with Crippen LogP contribution in [0.3, 0.4) is 0 Å². The Hall–Kier alpha value is -0.870. The van der Waals surface area contributed by atoms with Gasteiger partial charge < -0.3 is 10.1 Å². The second kappa shape index (κ2) is 7.41. The zero-order valence-electron chi connectivity index (χ0n) is 10.2. The molecule has 0 aliphatic carbocycles. The number of likely N-dealkylation sites (N-methyl/N-ethyl adjacent to an activating group) is 1. The van der Waals surface area contributed by atoms with Crippen molar-refractivity contribution in [1.29, 1.82) is 0 Å². The van der Waals surface area contributed by atoms with Crippen molar-refractivity contribution in [3.8, 4) is 0 Å². The summed E-state index contributed by atoms with van der Waals surface area (Å²) in [4.78, 5) is 13.3. The van der Waals surface area contributed by atoms with E-state index in [1.54, 1.807) is 0 Å². The summed E-state index contributed by atoms with van der Waals surface area (Å²) < 4.78 is 4.81. The molecule has 1 aliphatic heterocycles. The minimum Gasteiger partial charge on any atom is -0.463 e. The average Bonchev–Trinajstić information content (AvgIpc) is 2.30. The fraction of sp³-hybridized carbons (Fsp3) is 0.750. The van der Waals surface area contributed by atoms with Gasteiger partial charge in [-0.2, -0.15) is 0 Å². The molecule has 16 heavy (non-hydrogen) atoms. The van der Waals surface area contributed by atoms with Crippen molar-refractivity contribution in [3.63, 3.8) is 0 Å². The molecule has 1 atom stereocenters. The first kappa shape index (κ1) is 13.2. The molecule has 1 N–H and O–H groups in total. The lowest BCUT2D eigenvalue weighted by Gasteiger charge is -2.30. The Balaban J connectivity index is 2.22. The SMILES string of the molecule is CCOC(=O)/C=C/CN(C)C1CCCNC1. The first-order valence-corrected chi connectivity index (χ1v) is 5.98. The summed E-state index contributed by atoms with van der Waals surface area (Å²) in [5, 5.41) is 3.38. The number of rotatable bonds is 5. The van der Waals surface area contributed by atoms with E-state index in [1.165, 1.54) is 18.9 Å². The third-order valence-electron chi connectivity index (χ3n) is 2.83. The number of hydrogen-bond donors (Lipinski definition) is 1. The van der Waals surface area contributed by atoms with Crippen molar-refractivity contribution >= 4 is 5.97 Å². The first-order valence-electron chi connectivity index (χ1n) is 5.98. The molecule has 1 fully saturated rings. The van der Waals surface area contributed by atoms with Crippen LogP contribution in [0.25, 0.3) is 0 Å². The van der Waals surface area contributed by atoms with E-state index in [4.69, 9.17) is 4.74 Å². The van der Waals surface area contributed by atoms with Crippen molar-refractivity contribution in [3.05, 3.63) is 12.2 Å². The Labute approximate surface area is 97.6 Å². The molecule has 1 saturated heterocycles. The van der Waals surface area contributed by atoms with E-state index in [0.717, 1.165) is 19.6 Å². The van der Waals surface area contributed by atoms with Gasteiger partial charge >= 0.3 is 5.97 Å². The summed E-state index contributed by atoms with van der Waals surface area (Å²) in [6.07, 6.45) is 5.84. The third kappa shape index (κ3) is 4.77. The second-order valence-corrected chi connectivity index (χ2v) is 4.09. The molecule has 1 heterocycles. The second-order valence-electron chi connectivity index (χ2n) is 4.09. The van der Waals surface area contributed by atoms with Gasteiger partial charge in [0.2, 0.25) is 0 Å². The monoisotopic (exact) mass is 226 g/mol. The largest absolute Gasteiger partial charge is 0.463 e. The molecule has 4 heteroatoms. The molecule has 0 aromatic rings. The number of ether oxygens (including phenoxy) is 1. The highest BCUT2D eigenvalue weighted by molar-refractivity contribution is 5.81. The van der Waals surface area contributed by atoms with E-state index in [1.807, 2.05) is 13.0 Å². The molecule has 0 aromatic carbocycles. The molecule has 0 amide bonds. The Morgan fingerprint density at radius 3 is 3.06 bits per heavy atom. The summed E-state index contributed by atoms with van der Waals surface area (Å²) in [7, 11) is 2.09. The van der Waals surface area contributed by atoms with Gasteiger partial charge in [0.05, 0.1) is 6.61 Å². The number of hydrogen-bond acceptors (Lipinski definition) is 4. The number of carbonyl (C=O) groups is 1. The summed E-state index contributed by atoms with van der Waals surface area (Å²) in [6, 6.07) is 0.584. The van der Waals surface area contributed by atoms with Crippen LogP contribution in [0.1, 0.15) is 19.8 Å². The molecule has 0 spiro atoms. The predicted molar refractivity (Wildman–Crippen MR) is 64.3 cm³/mol. The van der Waals surface area contributed by atoms with Crippen LogP contribution < -0.4 is 5.32 Å². The fourth-order valence-electron chi connectivity index (χ4n) is 1.86. The molecule has 1 aliphatic rings. The van der Waals surface area contributed by atoms with Crippen LogP contribution in [0.15, 0.2) is 12.2 Å². The Kier molecular flexibility index (Phi) is 6.11. The zero-order chi connectivity index (χ0) is 11.8. The molecule has 0 bridgehead atoms. The van der Waals surface area contributed by atoms with Crippen molar-refractivity contribution in [2.24, 2.45) is 0 Å². The van der Waals surface area contributed by atoms with Gasteiger partial charge in [-0.15, -0.1) is 0 Å². The lowest BCUT2D eigenvalue weighted by molar-refractivity contribution is -0.137. The number of nitrogens with zero attached hydrogens (tertiary/aromatic N) is 1. The summed E-state index contributed by atoms with van der Waals surface area (Å²) in [5.41, 5.74) is 0. The van der Waals surface area contributed by atoms with Gasteiger partial charge in [-0.25, -0.2) is 4.79 Å². The van der Waals surface area contributed by atoms with E-state index in [2.05, 4.69) is 17.3 Å². The van der Waals surface area contributed by atoms with Crippen LogP contribution in [0, 0.1) is 0 Å². The van der Waals surface area contributed by atoms with Crippen LogP contribution in [-0.4, -0.2) is 50.2 Å². The number of nitrogens with one attached hydrogen (secondary N) is 1. The molecule has 0 aromatic heterocycles. The third-order valence-corrected chi connectivity index (χ3v) is 2.83. The van der Waals surface area contributed by atoms with Crippen molar-refractivity contribution in [2.45, 2.75) is 25.8 Å². The first-order chi connectivity index (χ1) is 7.74. The van der Waals surface area contributed by atoms with E-state index in [9.17, 15) is 4.79 Å². The van der Waals surface area contributed by atoms with Gasteiger partial charge in [-0.1, -0.05) is 6.08 Å². The smallest absolute Gasteiger partial charge is 0.330 e. The highest BCUT2D eigenvalue weighted by Crippen LogP contribution is 2.07. The molecule has 0 saturated carbocycles. The fourth-order valence-corrected chi connectivity index (χ4v) is 1.86. The van der Waals surface area contributed by atoms with Crippen LogP contribution in [0.4, 0.5) is 0 Å². The van der Waals surface area contributed by atoms with Gasteiger partial charge in [-0.3, -0.25) is 4.90 Å². The number of carbonyl (C=O) groups excluding carboxylic acids is 1. The zero-order valence-corrected chi connectivity index (χ0v) is 10.2. The van der Waals surface area contributed by atoms with E-state index >= 15 is 0 Å². The van der Waals surface area contributed by atoms with E-state index in [0.29, 0.717) is 12.6 Å². The van der Waals surface area contributed by atoms with Crippen molar-refractivity contribution < 1.29 is 9.53 Å². The van der Waals surface area contributed by atoms with Crippen molar-refractivity contribution in [2.75, 3.05) is 33.3 Å². The quantitative estimate of drug-likeness (QED) is 0.556. The van der Waals surface area contributed by atoms with Gasteiger partial charge in [0.25, 0.3) is 0 Å².